The van der Waals surface area contributed by atoms with Crippen molar-refractivity contribution in [1.29, 1.82) is 0 Å². The van der Waals surface area contributed by atoms with Gasteiger partial charge in [0.05, 0.1) is 12.8 Å². The summed E-state index contributed by atoms with van der Waals surface area (Å²) in [7, 11) is 1.66. The smallest absolute Gasteiger partial charge is 0.134 e. The van der Waals surface area contributed by atoms with Crippen molar-refractivity contribution < 1.29 is 4.74 Å². The standard InChI is InChI=1S/C13H15N3O/c1-8-6-10(4-5-11(8)17-3)12-9(2)15-7-16-13(12)14/h4-7H,1-3H3,(H2,14,15,16). The van der Waals surface area contributed by atoms with Gasteiger partial charge in [0.1, 0.15) is 17.9 Å². The number of nitrogens with zero attached hydrogens (tertiary/aromatic N) is 2. The first-order valence-corrected chi connectivity index (χ1v) is 5.35. The number of benzene rings is 1. The number of nitrogen functional groups attached to an aromatic ring is 1. The second kappa shape index (κ2) is 4.41. The second-order valence-corrected chi connectivity index (χ2v) is 3.90. The van der Waals surface area contributed by atoms with Gasteiger partial charge in [-0.15, -0.1) is 0 Å². The van der Waals surface area contributed by atoms with E-state index in [9.17, 15) is 0 Å². The number of ether oxygens (including phenoxy) is 1. The molecule has 0 bridgehead atoms. The van der Waals surface area contributed by atoms with Crippen LogP contribution in [0.4, 0.5) is 5.82 Å². The van der Waals surface area contributed by atoms with E-state index in [0.29, 0.717) is 5.82 Å². The van der Waals surface area contributed by atoms with E-state index in [1.807, 2.05) is 32.0 Å². The summed E-state index contributed by atoms with van der Waals surface area (Å²) >= 11 is 0. The van der Waals surface area contributed by atoms with Crippen molar-refractivity contribution in [3.8, 4) is 16.9 Å². The van der Waals surface area contributed by atoms with Gasteiger partial charge in [-0.2, -0.15) is 0 Å². The molecule has 0 spiro atoms. The minimum absolute atomic E-state index is 0.502. The van der Waals surface area contributed by atoms with E-state index >= 15 is 0 Å². The van der Waals surface area contributed by atoms with Crippen LogP contribution in [0.1, 0.15) is 11.3 Å². The molecule has 0 unspecified atom stereocenters. The molecule has 0 radical (unpaired) electrons. The lowest BCUT2D eigenvalue weighted by molar-refractivity contribution is 0.412. The molecular formula is C13H15N3O. The van der Waals surface area contributed by atoms with E-state index in [1.54, 1.807) is 7.11 Å². The number of aryl methyl sites for hydroxylation is 2. The van der Waals surface area contributed by atoms with Crippen LogP contribution in [0.5, 0.6) is 5.75 Å². The number of rotatable bonds is 2. The zero-order valence-corrected chi connectivity index (χ0v) is 10.2. The molecule has 0 fully saturated rings. The second-order valence-electron chi connectivity index (χ2n) is 3.90. The maximum absolute atomic E-state index is 5.89. The van der Waals surface area contributed by atoms with Gasteiger partial charge >= 0.3 is 0 Å². The normalized spacial score (nSPS) is 10.3. The van der Waals surface area contributed by atoms with E-state index in [4.69, 9.17) is 10.5 Å². The van der Waals surface area contributed by atoms with Gasteiger partial charge in [0.2, 0.25) is 0 Å². The number of aromatic nitrogens is 2. The fraction of sp³-hybridized carbons (Fsp3) is 0.231. The third-order valence-electron chi connectivity index (χ3n) is 2.75. The van der Waals surface area contributed by atoms with Crippen LogP contribution in [0.3, 0.4) is 0 Å². The summed E-state index contributed by atoms with van der Waals surface area (Å²) < 4.78 is 5.23. The summed E-state index contributed by atoms with van der Waals surface area (Å²) in [6, 6.07) is 5.92. The maximum Gasteiger partial charge on any atom is 0.134 e. The Balaban J connectivity index is 2.57. The fourth-order valence-electron chi connectivity index (χ4n) is 1.88. The van der Waals surface area contributed by atoms with Crippen molar-refractivity contribution in [2.75, 3.05) is 12.8 Å². The first-order valence-electron chi connectivity index (χ1n) is 5.35. The quantitative estimate of drug-likeness (QED) is 0.858. The van der Waals surface area contributed by atoms with Crippen LogP contribution in [0.25, 0.3) is 11.1 Å². The first kappa shape index (κ1) is 11.4. The predicted octanol–water partition coefficient (Wildman–Crippen LogP) is 2.35. The van der Waals surface area contributed by atoms with E-state index in [-0.39, 0.29) is 0 Å². The third-order valence-corrected chi connectivity index (χ3v) is 2.75. The lowest BCUT2D eigenvalue weighted by atomic mass is 10.0. The summed E-state index contributed by atoms with van der Waals surface area (Å²) in [5.41, 5.74) is 9.73. The minimum atomic E-state index is 0.502. The molecule has 0 saturated heterocycles. The summed E-state index contributed by atoms with van der Waals surface area (Å²) in [6.45, 7) is 3.92. The van der Waals surface area contributed by atoms with Gasteiger partial charge in [-0.25, -0.2) is 9.97 Å². The Hall–Kier alpha value is -2.10. The number of nitrogens with two attached hydrogens (primary N) is 1. The number of hydrogen-bond donors (Lipinski definition) is 1. The highest BCUT2D eigenvalue weighted by Gasteiger charge is 2.09. The van der Waals surface area contributed by atoms with Crippen molar-refractivity contribution >= 4 is 5.82 Å². The van der Waals surface area contributed by atoms with Crippen LogP contribution >= 0.6 is 0 Å². The topological polar surface area (TPSA) is 61.0 Å². The molecule has 0 aliphatic carbocycles. The largest absolute Gasteiger partial charge is 0.496 e. The summed E-state index contributed by atoms with van der Waals surface area (Å²) in [6.07, 6.45) is 1.48. The molecule has 0 atom stereocenters. The lowest BCUT2D eigenvalue weighted by Crippen LogP contribution is -1.99. The molecule has 88 valence electrons. The first-order chi connectivity index (χ1) is 8.13. The average molecular weight is 229 g/mol. The molecule has 17 heavy (non-hydrogen) atoms. The highest BCUT2D eigenvalue weighted by molar-refractivity contribution is 5.76. The minimum Gasteiger partial charge on any atom is -0.496 e. The van der Waals surface area contributed by atoms with Gasteiger partial charge < -0.3 is 10.5 Å². The molecule has 1 heterocycles. The molecule has 0 aliphatic rings. The highest BCUT2D eigenvalue weighted by Crippen LogP contribution is 2.30. The Kier molecular flexibility index (Phi) is 2.95. The molecule has 2 N–H and O–H groups in total. The summed E-state index contributed by atoms with van der Waals surface area (Å²) in [5, 5.41) is 0. The Bertz CT molecular complexity index is 532. The SMILES string of the molecule is COc1ccc(-c2c(C)ncnc2N)cc1C. The van der Waals surface area contributed by atoms with Crippen LogP contribution in [0.2, 0.25) is 0 Å². The van der Waals surface area contributed by atoms with Gasteiger partial charge in [-0.1, -0.05) is 6.07 Å². The summed E-state index contributed by atoms with van der Waals surface area (Å²) in [5.74, 6) is 1.36. The molecule has 0 aliphatic heterocycles. The molecule has 4 nitrogen and oxygen atoms in total. The van der Waals surface area contributed by atoms with Gasteiger partial charge in [0.25, 0.3) is 0 Å². The van der Waals surface area contributed by atoms with Crippen LogP contribution in [-0.4, -0.2) is 17.1 Å². The molecule has 0 saturated carbocycles. The third kappa shape index (κ3) is 2.06. The molecule has 2 rings (SSSR count). The van der Waals surface area contributed by atoms with E-state index in [1.165, 1.54) is 6.33 Å². The summed E-state index contributed by atoms with van der Waals surface area (Å²) in [4.78, 5) is 8.19. The number of hydrogen-bond acceptors (Lipinski definition) is 4. The van der Waals surface area contributed by atoms with E-state index < -0.39 is 0 Å². The Morgan fingerprint density at radius 1 is 1.18 bits per heavy atom. The lowest BCUT2D eigenvalue weighted by Gasteiger charge is -2.10. The van der Waals surface area contributed by atoms with E-state index in [0.717, 1.165) is 28.1 Å². The number of anilines is 1. The Labute approximate surface area is 100 Å². The van der Waals surface area contributed by atoms with Crippen molar-refractivity contribution in [2.24, 2.45) is 0 Å². The zero-order chi connectivity index (χ0) is 12.4. The van der Waals surface area contributed by atoms with Crippen LogP contribution in [-0.2, 0) is 0 Å². The fourth-order valence-corrected chi connectivity index (χ4v) is 1.88. The monoisotopic (exact) mass is 229 g/mol. The molecule has 0 amide bonds. The molecular weight excluding hydrogens is 214 g/mol. The van der Waals surface area contributed by atoms with Crippen LogP contribution in [0, 0.1) is 13.8 Å². The van der Waals surface area contributed by atoms with Crippen molar-refractivity contribution in [2.45, 2.75) is 13.8 Å². The van der Waals surface area contributed by atoms with Crippen molar-refractivity contribution in [3.63, 3.8) is 0 Å². The molecule has 2 aromatic rings. The van der Waals surface area contributed by atoms with Crippen LogP contribution in [0.15, 0.2) is 24.5 Å². The maximum atomic E-state index is 5.89. The van der Waals surface area contributed by atoms with Crippen molar-refractivity contribution in [1.82, 2.24) is 9.97 Å². The van der Waals surface area contributed by atoms with Gasteiger partial charge in [0, 0.05) is 5.56 Å². The highest BCUT2D eigenvalue weighted by atomic mass is 16.5. The predicted molar refractivity (Wildman–Crippen MR) is 67.9 cm³/mol. The van der Waals surface area contributed by atoms with Crippen molar-refractivity contribution in [3.05, 3.63) is 35.8 Å². The van der Waals surface area contributed by atoms with Gasteiger partial charge in [-0.3, -0.25) is 0 Å². The Morgan fingerprint density at radius 2 is 1.94 bits per heavy atom. The molecule has 1 aromatic carbocycles. The molecule has 1 aromatic heterocycles. The van der Waals surface area contributed by atoms with E-state index in [2.05, 4.69) is 9.97 Å². The van der Waals surface area contributed by atoms with Crippen LogP contribution < -0.4 is 10.5 Å². The van der Waals surface area contributed by atoms with Gasteiger partial charge in [-0.05, 0) is 37.1 Å². The molecule has 4 heteroatoms. The zero-order valence-electron chi connectivity index (χ0n) is 10.2. The average Bonchev–Trinajstić information content (AvgIpc) is 2.29. The van der Waals surface area contributed by atoms with Gasteiger partial charge in [0.15, 0.2) is 0 Å². The number of methoxy groups -OCH3 is 1. The Morgan fingerprint density at radius 3 is 2.53 bits per heavy atom.